The van der Waals surface area contributed by atoms with E-state index in [0.717, 1.165) is 22.0 Å². The van der Waals surface area contributed by atoms with Crippen LogP contribution in [-0.4, -0.2) is 21.5 Å². The predicted octanol–water partition coefficient (Wildman–Crippen LogP) is 2.92. The number of aryl methyl sites for hydroxylation is 1. The fourth-order valence-electron chi connectivity index (χ4n) is 3.31. The van der Waals surface area contributed by atoms with Crippen LogP contribution in [0.1, 0.15) is 10.4 Å². The smallest absolute Gasteiger partial charge is 0.317 e. The van der Waals surface area contributed by atoms with Crippen LogP contribution in [0.2, 0.25) is 0 Å². The van der Waals surface area contributed by atoms with Crippen molar-refractivity contribution in [2.24, 2.45) is 18.5 Å². The van der Waals surface area contributed by atoms with Crippen molar-refractivity contribution < 1.29 is 9.59 Å². The number of aromatic amines is 1. The lowest BCUT2D eigenvalue weighted by Gasteiger charge is -2.04. The Kier molecular flexibility index (Phi) is 3.43. The molecule has 0 saturated heterocycles. The summed E-state index contributed by atoms with van der Waals surface area (Å²) in [6.07, 6.45) is 2.02. The summed E-state index contributed by atoms with van der Waals surface area (Å²) in [6, 6.07) is 13.2. The first-order valence-corrected chi connectivity index (χ1v) is 8.01. The Bertz CT molecular complexity index is 1190. The quantitative estimate of drug-likeness (QED) is 0.456. The fraction of sp³-hybridized carbons (Fsp3) is 0.0526. The van der Waals surface area contributed by atoms with Crippen molar-refractivity contribution in [1.82, 2.24) is 9.55 Å². The molecule has 0 saturated carbocycles. The van der Waals surface area contributed by atoms with Gasteiger partial charge < -0.3 is 21.0 Å². The first-order valence-electron chi connectivity index (χ1n) is 8.01. The second-order valence-corrected chi connectivity index (χ2v) is 6.19. The Hall–Kier alpha value is -3.74. The van der Waals surface area contributed by atoms with Crippen LogP contribution in [0.4, 0.5) is 10.6 Å². The molecule has 3 amide bonds. The number of anilines is 1. The van der Waals surface area contributed by atoms with E-state index >= 15 is 0 Å². The molecule has 4 rings (SSSR count). The molecule has 7 heteroatoms. The van der Waals surface area contributed by atoms with Crippen LogP contribution in [-0.2, 0) is 7.05 Å². The third-order valence-electron chi connectivity index (χ3n) is 4.51. The summed E-state index contributed by atoms with van der Waals surface area (Å²) >= 11 is 0. The van der Waals surface area contributed by atoms with Crippen LogP contribution in [0.25, 0.3) is 32.9 Å². The van der Waals surface area contributed by atoms with Gasteiger partial charge in [-0.25, -0.2) is 4.79 Å². The van der Waals surface area contributed by atoms with Gasteiger partial charge in [-0.1, -0.05) is 18.2 Å². The number of benzene rings is 2. The molecule has 2 heterocycles. The van der Waals surface area contributed by atoms with E-state index in [-0.39, 0.29) is 11.4 Å². The Labute approximate surface area is 148 Å². The zero-order chi connectivity index (χ0) is 18.4. The maximum absolute atomic E-state index is 11.8. The molecular weight excluding hydrogens is 330 g/mol. The molecule has 130 valence electrons. The number of carbonyl (C=O) groups is 2. The lowest BCUT2D eigenvalue weighted by molar-refractivity contribution is 0.100. The minimum atomic E-state index is -0.770. The van der Waals surface area contributed by atoms with E-state index < -0.39 is 11.9 Å². The molecule has 0 radical (unpaired) electrons. The SMILES string of the molecule is Cn1ccc2cc(-c3ccc4c(C(N)=O)c(NC(N)=O)[nH]c4c3)ccc21. The van der Waals surface area contributed by atoms with Crippen LogP contribution >= 0.6 is 0 Å². The highest BCUT2D eigenvalue weighted by Crippen LogP contribution is 2.31. The highest BCUT2D eigenvalue weighted by molar-refractivity contribution is 6.13. The van der Waals surface area contributed by atoms with E-state index in [1.807, 2.05) is 37.5 Å². The minimum absolute atomic E-state index is 0.204. The maximum Gasteiger partial charge on any atom is 0.317 e. The van der Waals surface area contributed by atoms with Crippen molar-refractivity contribution in [3.05, 3.63) is 54.2 Å². The summed E-state index contributed by atoms with van der Waals surface area (Å²) in [6.45, 7) is 0. The number of urea groups is 1. The number of nitrogens with two attached hydrogens (primary N) is 2. The number of amides is 3. The zero-order valence-corrected chi connectivity index (χ0v) is 14.0. The van der Waals surface area contributed by atoms with Crippen LogP contribution < -0.4 is 16.8 Å². The number of aromatic nitrogens is 2. The van der Waals surface area contributed by atoms with Crippen LogP contribution in [0.3, 0.4) is 0 Å². The van der Waals surface area contributed by atoms with Crippen LogP contribution in [0.15, 0.2) is 48.7 Å². The Morgan fingerprint density at radius 3 is 2.50 bits per heavy atom. The molecule has 0 spiro atoms. The molecule has 2 aromatic heterocycles. The zero-order valence-electron chi connectivity index (χ0n) is 14.0. The summed E-state index contributed by atoms with van der Waals surface area (Å²) in [5, 5.41) is 4.18. The molecule has 7 nitrogen and oxygen atoms in total. The van der Waals surface area contributed by atoms with E-state index in [4.69, 9.17) is 11.5 Å². The van der Waals surface area contributed by atoms with Gasteiger partial charge in [0, 0.05) is 35.1 Å². The van der Waals surface area contributed by atoms with E-state index in [0.29, 0.717) is 10.9 Å². The molecule has 0 aliphatic carbocycles. The van der Waals surface area contributed by atoms with Crippen molar-refractivity contribution in [3.8, 4) is 11.1 Å². The summed E-state index contributed by atoms with van der Waals surface area (Å²) in [5.41, 5.74) is 14.7. The molecule has 26 heavy (non-hydrogen) atoms. The molecule has 0 bridgehead atoms. The van der Waals surface area contributed by atoms with Crippen molar-refractivity contribution in [2.45, 2.75) is 0 Å². The summed E-state index contributed by atoms with van der Waals surface area (Å²) < 4.78 is 2.06. The van der Waals surface area contributed by atoms with Gasteiger partial charge in [0.1, 0.15) is 5.82 Å². The fourth-order valence-corrected chi connectivity index (χ4v) is 3.31. The van der Waals surface area contributed by atoms with E-state index in [9.17, 15) is 9.59 Å². The highest BCUT2D eigenvalue weighted by Gasteiger charge is 2.18. The molecule has 0 fully saturated rings. The second kappa shape index (κ2) is 5.66. The average molecular weight is 347 g/mol. The number of nitrogens with one attached hydrogen (secondary N) is 2. The van der Waals surface area contributed by atoms with Crippen molar-refractivity contribution in [2.75, 3.05) is 5.32 Å². The number of hydrogen-bond donors (Lipinski definition) is 4. The van der Waals surface area contributed by atoms with Gasteiger partial charge >= 0.3 is 6.03 Å². The third kappa shape index (κ3) is 2.46. The van der Waals surface area contributed by atoms with Gasteiger partial charge in [-0.2, -0.15) is 0 Å². The van der Waals surface area contributed by atoms with Crippen LogP contribution in [0.5, 0.6) is 0 Å². The van der Waals surface area contributed by atoms with Gasteiger partial charge in [0.15, 0.2) is 0 Å². The maximum atomic E-state index is 11.8. The lowest BCUT2D eigenvalue weighted by atomic mass is 10.0. The van der Waals surface area contributed by atoms with Gasteiger partial charge in [0.2, 0.25) is 0 Å². The summed E-state index contributed by atoms with van der Waals surface area (Å²) in [5.74, 6) is -0.436. The molecule has 6 N–H and O–H groups in total. The molecule has 0 atom stereocenters. The van der Waals surface area contributed by atoms with Gasteiger partial charge in [0.25, 0.3) is 5.91 Å². The van der Waals surface area contributed by atoms with Gasteiger partial charge in [-0.15, -0.1) is 0 Å². The number of hydrogen-bond acceptors (Lipinski definition) is 2. The number of rotatable bonds is 3. The molecule has 2 aromatic carbocycles. The van der Waals surface area contributed by atoms with Crippen molar-refractivity contribution in [3.63, 3.8) is 0 Å². The normalized spacial score (nSPS) is 11.1. The van der Waals surface area contributed by atoms with E-state index in [1.54, 1.807) is 0 Å². The number of fused-ring (bicyclic) bond motifs is 2. The average Bonchev–Trinajstić information content (AvgIpc) is 3.13. The predicted molar refractivity (Wildman–Crippen MR) is 102 cm³/mol. The summed E-state index contributed by atoms with van der Waals surface area (Å²) in [4.78, 5) is 26.0. The van der Waals surface area contributed by atoms with E-state index in [1.165, 1.54) is 0 Å². The topological polar surface area (TPSA) is 119 Å². The number of primary amides is 2. The van der Waals surface area contributed by atoms with Gasteiger partial charge in [0.05, 0.1) is 5.56 Å². The van der Waals surface area contributed by atoms with Crippen molar-refractivity contribution >= 4 is 39.6 Å². The monoisotopic (exact) mass is 347 g/mol. The Morgan fingerprint density at radius 1 is 1.04 bits per heavy atom. The molecule has 4 aromatic rings. The molecule has 0 aliphatic heterocycles. The Balaban J connectivity index is 1.86. The van der Waals surface area contributed by atoms with E-state index in [2.05, 4.69) is 33.1 Å². The summed E-state index contributed by atoms with van der Waals surface area (Å²) in [7, 11) is 2.01. The number of H-pyrrole nitrogens is 1. The third-order valence-corrected chi connectivity index (χ3v) is 4.51. The second-order valence-electron chi connectivity index (χ2n) is 6.19. The standard InChI is InChI=1S/C19H17N5O2/c1-24-7-6-12-8-10(3-5-15(12)24)11-2-4-13-14(9-11)22-18(23-19(21)26)16(13)17(20)25/h2-9,22H,1H3,(H2,20,25)(H3,21,23,26). The first-order chi connectivity index (χ1) is 12.4. The van der Waals surface area contributed by atoms with Gasteiger partial charge in [-0.05, 0) is 35.4 Å². The van der Waals surface area contributed by atoms with Gasteiger partial charge in [-0.3, -0.25) is 10.1 Å². The first kappa shape index (κ1) is 15.8. The van der Waals surface area contributed by atoms with Crippen molar-refractivity contribution in [1.29, 1.82) is 0 Å². The number of carbonyl (C=O) groups excluding carboxylic acids is 2. The largest absolute Gasteiger partial charge is 0.365 e. The molecule has 0 aliphatic rings. The molecular formula is C19H17N5O2. The lowest BCUT2D eigenvalue weighted by Crippen LogP contribution is -2.22. The van der Waals surface area contributed by atoms with Crippen LogP contribution in [0, 0.1) is 0 Å². The minimum Gasteiger partial charge on any atom is -0.365 e. The number of nitrogens with zero attached hydrogens (tertiary/aromatic N) is 1. The Morgan fingerprint density at radius 2 is 1.77 bits per heavy atom. The highest BCUT2D eigenvalue weighted by atomic mass is 16.2. The molecule has 0 unspecified atom stereocenters.